The lowest BCUT2D eigenvalue weighted by Gasteiger charge is -2.34. The first kappa shape index (κ1) is 25.2. The monoisotopic (exact) mass is 526 g/mol. The fourth-order valence-electron chi connectivity index (χ4n) is 4.88. The summed E-state index contributed by atoms with van der Waals surface area (Å²) in [7, 11) is -4.03. The van der Waals surface area contributed by atoms with E-state index in [1.807, 2.05) is 0 Å². The summed E-state index contributed by atoms with van der Waals surface area (Å²) in [6, 6.07) is 5.18. The predicted molar refractivity (Wildman–Crippen MR) is 124 cm³/mol. The van der Waals surface area contributed by atoms with Crippen LogP contribution in [0.5, 0.6) is 0 Å². The summed E-state index contributed by atoms with van der Waals surface area (Å²) in [6.07, 6.45) is -0.121. The third kappa shape index (κ3) is 4.76. The third-order valence-corrected chi connectivity index (χ3v) is 8.93. The summed E-state index contributed by atoms with van der Waals surface area (Å²) >= 11 is 0. The number of benzene rings is 2. The van der Waals surface area contributed by atoms with Crippen molar-refractivity contribution in [3.63, 3.8) is 0 Å². The molecule has 0 aromatic heterocycles. The molecule has 3 atom stereocenters. The zero-order valence-corrected chi connectivity index (χ0v) is 20.3. The van der Waals surface area contributed by atoms with Gasteiger partial charge in [0.1, 0.15) is 23.8 Å². The molecule has 5 rings (SSSR count). The Morgan fingerprint density at radius 2 is 1.89 bits per heavy atom. The molecule has 3 fully saturated rings. The number of amides is 1. The largest absolute Gasteiger partial charge is 0.368 e. The third-order valence-electron chi connectivity index (χ3n) is 6.99. The number of hydrogen-bond donors (Lipinski definition) is 1. The fraction of sp³-hybridized carbons (Fsp3) is 0.480. The van der Waals surface area contributed by atoms with Gasteiger partial charge in [0.15, 0.2) is 0 Å². The van der Waals surface area contributed by atoms with Gasteiger partial charge in [-0.2, -0.15) is 0 Å². The average molecular weight is 527 g/mol. The Hall–Kier alpha value is -2.50. The maximum absolute atomic E-state index is 15.7. The molecule has 0 radical (unpaired) electrons. The Morgan fingerprint density at radius 3 is 2.50 bits per heavy atom. The fourth-order valence-corrected chi connectivity index (χ4v) is 6.52. The van der Waals surface area contributed by atoms with Gasteiger partial charge in [0.25, 0.3) is 11.8 Å². The van der Waals surface area contributed by atoms with E-state index in [1.165, 1.54) is 30.3 Å². The lowest BCUT2D eigenvalue weighted by Crippen LogP contribution is -2.54. The molecule has 2 aromatic rings. The van der Waals surface area contributed by atoms with Crippen LogP contribution in [0.4, 0.5) is 17.6 Å². The molecule has 0 bridgehead atoms. The van der Waals surface area contributed by atoms with Crippen LogP contribution in [0.15, 0.2) is 36.4 Å². The van der Waals surface area contributed by atoms with Gasteiger partial charge >= 0.3 is 0 Å². The molecule has 36 heavy (non-hydrogen) atoms. The minimum atomic E-state index is -4.03. The predicted octanol–water partition coefficient (Wildman–Crippen LogP) is 3.57. The number of sulfonamides is 1. The van der Waals surface area contributed by atoms with Gasteiger partial charge in [0, 0.05) is 12.0 Å². The number of alkyl halides is 2. The molecule has 194 valence electrons. The van der Waals surface area contributed by atoms with Crippen molar-refractivity contribution in [2.45, 2.75) is 62.0 Å². The van der Waals surface area contributed by atoms with E-state index in [4.69, 9.17) is 4.74 Å². The van der Waals surface area contributed by atoms with Gasteiger partial charge in [-0.15, -0.1) is 0 Å². The lowest BCUT2D eigenvalue weighted by molar-refractivity contribution is -0.158. The number of hydrogen-bond acceptors (Lipinski definition) is 4. The highest BCUT2D eigenvalue weighted by Crippen LogP contribution is 2.39. The normalized spacial score (nSPS) is 25.6. The van der Waals surface area contributed by atoms with Crippen molar-refractivity contribution in [3.8, 4) is 11.1 Å². The molecular formula is C25H26F4N2O4S. The van der Waals surface area contributed by atoms with E-state index in [0.717, 1.165) is 4.90 Å². The van der Waals surface area contributed by atoms with Crippen LogP contribution in [0, 0.1) is 18.6 Å². The van der Waals surface area contributed by atoms with Crippen molar-refractivity contribution in [1.29, 1.82) is 0 Å². The van der Waals surface area contributed by atoms with Gasteiger partial charge in [-0.25, -0.2) is 30.7 Å². The summed E-state index contributed by atoms with van der Waals surface area (Å²) in [5.74, 6) is -5.53. The van der Waals surface area contributed by atoms with Crippen LogP contribution in [-0.2, 0) is 26.0 Å². The molecule has 1 amide bonds. The van der Waals surface area contributed by atoms with Crippen LogP contribution >= 0.6 is 0 Å². The molecule has 3 aliphatic rings. The first-order valence-electron chi connectivity index (χ1n) is 11.8. The van der Waals surface area contributed by atoms with Crippen LogP contribution < -0.4 is 4.72 Å². The van der Waals surface area contributed by atoms with Gasteiger partial charge in [0.2, 0.25) is 10.0 Å². The second-order valence-electron chi connectivity index (χ2n) is 9.78. The number of likely N-dealkylation sites (tertiary alicyclic amines) is 1. The maximum atomic E-state index is 15.7. The Kier molecular flexibility index (Phi) is 6.37. The molecule has 6 nitrogen and oxygen atoms in total. The second-order valence-corrected chi connectivity index (χ2v) is 11.8. The SMILES string of the molecule is Cc1cc(F)cc(-c2cccc(C[C@H]3[C@@H](NS(=O)(=O)C4CC4)C(F)(F)CN3C(=O)[C@@H]3CCO3)c2F)c1. The zero-order valence-electron chi connectivity index (χ0n) is 19.5. The Morgan fingerprint density at radius 1 is 1.17 bits per heavy atom. The van der Waals surface area contributed by atoms with E-state index in [1.54, 1.807) is 13.0 Å². The molecular weight excluding hydrogens is 500 g/mol. The quantitative estimate of drug-likeness (QED) is 0.560. The molecule has 2 aromatic carbocycles. The van der Waals surface area contributed by atoms with E-state index < -0.39 is 63.5 Å². The highest BCUT2D eigenvalue weighted by atomic mass is 32.2. The molecule has 2 saturated heterocycles. The number of rotatable bonds is 7. The molecule has 0 unspecified atom stereocenters. The first-order valence-corrected chi connectivity index (χ1v) is 13.4. The number of ether oxygens (including phenoxy) is 1. The summed E-state index contributed by atoms with van der Waals surface area (Å²) < 4.78 is 92.6. The van der Waals surface area contributed by atoms with Crippen LogP contribution in [0.25, 0.3) is 11.1 Å². The van der Waals surface area contributed by atoms with E-state index in [0.29, 0.717) is 31.4 Å². The number of carbonyl (C=O) groups is 1. The number of nitrogens with one attached hydrogen (secondary N) is 1. The highest BCUT2D eigenvalue weighted by molar-refractivity contribution is 7.90. The van der Waals surface area contributed by atoms with Crippen LogP contribution in [0.3, 0.4) is 0 Å². The Bertz CT molecular complexity index is 1270. The second kappa shape index (κ2) is 9.11. The minimum absolute atomic E-state index is 0.0139. The summed E-state index contributed by atoms with van der Waals surface area (Å²) in [5, 5.41) is -0.745. The Balaban J connectivity index is 1.51. The highest BCUT2D eigenvalue weighted by Gasteiger charge is 2.59. The molecule has 2 heterocycles. The van der Waals surface area contributed by atoms with Gasteiger partial charge < -0.3 is 9.64 Å². The van der Waals surface area contributed by atoms with Gasteiger partial charge in [0.05, 0.1) is 24.4 Å². The Labute approximate surface area is 206 Å². The van der Waals surface area contributed by atoms with E-state index in [2.05, 4.69) is 4.72 Å². The van der Waals surface area contributed by atoms with Crippen molar-refractivity contribution in [2.24, 2.45) is 0 Å². The standard InChI is InChI=1S/C25H26F4N2O4S/c1-14-9-16(11-17(26)10-14)19-4-2-3-15(22(19)27)12-20-23(30-36(33,34)18-5-6-18)25(28,29)13-31(20)24(32)21-7-8-35-21/h2-4,9-11,18,20-21,23,30H,5-8,12-13H2,1H3/t20-,21-,23+/m0/s1. The van der Waals surface area contributed by atoms with Crippen LogP contribution in [0.1, 0.15) is 30.4 Å². The van der Waals surface area contributed by atoms with E-state index in [-0.39, 0.29) is 23.1 Å². The zero-order chi connectivity index (χ0) is 25.8. The summed E-state index contributed by atoms with van der Waals surface area (Å²) in [4.78, 5) is 13.9. The van der Waals surface area contributed by atoms with Crippen molar-refractivity contribution in [2.75, 3.05) is 13.2 Å². The van der Waals surface area contributed by atoms with Crippen molar-refractivity contribution in [3.05, 3.63) is 59.2 Å². The topological polar surface area (TPSA) is 75.7 Å². The first-order chi connectivity index (χ1) is 17.0. The molecule has 1 aliphatic carbocycles. The molecule has 0 spiro atoms. The van der Waals surface area contributed by atoms with Gasteiger partial charge in [-0.05, 0) is 55.0 Å². The number of aryl methyl sites for hydroxylation is 1. The van der Waals surface area contributed by atoms with Crippen LogP contribution in [-0.4, -0.2) is 61.7 Å². The lowest BCUT2D eigenvalue weighted by atomic mass is 9.94. The molecule has 1 N–H and O–H groups in total. The summed E-state index contributed by atoms with van der Waals surface area (Å²) in [5.41, 5.74) is 0.956. The average Bonchev–Trinajstić information content (AvgIpc) is 3.57. The van der Waals surface area contributed by atoms with E-state index >= 15 is 13.2 Å². The van der Waals surface area contributed by atoms with Crippen molar-refractivity contribution >= 4 is 15.9 Å². The number of carbonyl (C=O) groups excluding carboxylic acids is 1. The van der Waals surface area contributed by atoms with Gasteiger partial charge in [-0.3, -0.25) is 4.79 Å². The molecule has 1 saturated carbocycles. The smallest absolute Gasteiger partial charge is 0.283 e. The summed E-state index contributed by atoms with van der Waals surface area (Å²) in [6.45, 7) is 0.989. The number of halogens is 4. The maximum Gasteiger partial charge on any atom is 0.283 e. The van der Waals surface area contributed by atoms with Crippen molar-refractivity contribution in [1.82, 2.24) is 9.62 Å². The molecule has 2 aliphatic heterocycles. The minimum Gasteiger partial charge on any atom is -0.368 e. The number of nitrogens with zero attached hydrogens (tertiary/aromatic N) is 1. The van der Waals surface area contributed by atoms with Crippen molar-refractivity contribution < 1.29 is 35.5 Å². The van der Waals surface area contributed by atoms with E-state index in [9.17, 15) is 17.6 Å². The molecule has 11 heteroatoms. The van der Waals surface area contributed by atoms with Gasteiger partial charge in [-0.1, -0.05) is 24.3 Å². The van der Waals surface area contributed by atoms with Crippen LogP contribution in [0.2, 0.25) is 0 Å².